The maximum Gasteiger partial charge on any atom is 0.0668 e. The molecule has 0 aromatic heterocycles. The molecule has 1 aromatic rings. The molecule has 1 aliphatic carbocycles. The second-order valence-corrected chi connectivity index (χ2v) is 4.38. The molecule has 0 bridgehead atoms. The van der Waals surface area contributed by atoms with Gasteiger partial charge < -0.3 is 10.4 Å². The van der Waals surface area contributed by atoms with Crippen LogP contribution in [0.2, 0.25) is 0 Å². The van der Waals surface area contributed by atoms with Crippen molar-refractivity contribution in [2.24, 2.45) is 0 Å². The quantitative estimate of drug-likeness (QED) is 0.771. The second kappa shape index (κ2) is 4.33. The van der Waals surface area contributed by atoms with Gasteiger partial charge in [0.2, 0.25) is 0 Å². The zero-order chi connectivity index (χ0) is 10.7. The summed E-state index contributed by atoms with van der Waals surface area (Å²) in [6.07, 6.45) is 3.41. The summed E-state index contributed by atoms with van der Waals surface area (Å²) >= 11 is 0. The van der Waals surface area contributed by atoms with Crippen LogP contribution in [0.3, 0.4) is 0 Å². The average molecular weight is 205 g/mol. The molecule has 1 fully saturated rings. The van der Waals surface area contributed by atoms with Gasteiger partial charge in [0.15, 0.2) is 0 Å². The van der Waals surface area contributed by atoms with Gasteiger partial charge in [-0.1, -0.05) is 37.3 Å². The zero-order valence-corrected chi connectivity index (χ0v) is 9.24. The molecular formula is C13H19NO. The minimum atomic E-state index is -0.234. The van der Waals surface area contributed by atoms with E-state index in [1.54, 1.807) is 0 Å². The van der Waals surface area contributed by atoms with E-state index in [4.69, 9.17) is 0 Å². The largest absolute Gasteiger partial charge is 0.394 e. The van der Waals surface area contributed by atoms with Gasteiger partial charge in [-0.05, 0) is 24.8 Å². The molecule has 0 aliphatic heterocycles. The maximum atomic E-state index is 9.64. The Morgan fingerprint density at radius 1 is 1.33 bits per heavy atom. The normalized spacial score (nSPS) is 19.9. The van der Waals surface area contributed by atoms with E-state index in [0.29, 0.717) is 6.04 Å². The van der Waals surface area contributed by atoms with Crippen molar-refractivity contribution in [2.45, 2.75) is 37.8 Å². The Morgan fingerprint density at radius 2 is 2.00 bits per heavy atom. The fourth-order valence-electron chi connectivity index (χ4n) is 2.01. The van der Waals surface area contributed by atoms with Gasteiger partial charge in [-0.3, -0.25) is 0 Å². The molecule has 2 nitrogen and oxygen atoms in total. The molecule has 0 radical (unpaired) electrons. The molecule has 82 valence electrons. The fraction of sp³-hybridized carbons (Fsp3) is 0.538. The molecule has 1 saturated carbocycles. The van der Waals surface area contributed by atoms with E-state index in [1.165, 1.54) is 18.4 Å². The predicted octanol–water partition coefficient (Wildman–Crippen LogP) is 2.04. The van der Waals surface area contributed by atoms with Crippen LogP contribution in [0.5, 0.6) is 0 Å². The predicted molar refractivity (Wildman–Crippen MR) is 61.7 cm³/mol. The molecule has 1 aliphatic rings. The molecular weight excluding hydrogens is 186 g/mol. The van der Waals surface area contributed by atoms with Crippen molar-refractivity contribution in [3.63, 3.8) is 0 Å². The Kier molecular flexibility index (Phi) is 3.08. The monoisotopic (exact) mass is 205 g/mol. The summed E-state index contributed by atoms with van der Waals surface area (Å²) in [4.78, 5) is 0. The van der Waals surface area contributed by atoms with Crippen LogP contribution in [0.25, 0.3) is 0 Å². The van der Waals surface area contributed by atoms with Crippen LogP contribution in [0, 0.1) is 0 Å². The highest BCUT2D eigenvalue weighted by Gasteiger charge is 2.35. The Balaban J connectivity index is 2.23. The third-order valence-corrected chi connectivity index (χ3v) is 3.26. The molecule has 0 spiro atoms. The van der Waals surface area contributed by atoms with Crippen molar-refractivity contribution in [3.8, 4) is 0 Å². The molecule has 1 aromatic carbocycles. The van der Waals surface area contributed by atoms with Crippen molar-refractivity contribution in [1.82, 2.24) is 5.32 Å². The summed E-state index contributed by atoms with van der Waals surface area (Å²) in [6, 6.07) is 10.9. The van der Waals surface area contributed by atoms with Crippen LogP contribution in [-0.2, 0) is 5.54 Å². The van der Waals surface area contributed by atoms with Crippen LogP contribution < -0.4 is 5.32 Å². The number of benzene rings is 1. The van der Waals surface area contributed by atoms with E-state index in [9.17, 15) is 5.11 Å². The van der Waals surface area contributed by atoms with Crippen molar-refractivity contribution in [1.29, 1.82) is 0 Å². The number of nitrogens with one attached hydrogen (secondary N) is 1. The maximum absolute atomic E-state index is 9.64. The van der Waals surface area contributed by atoms with E-state index >= 15 is 0 Å². The Labute approximate surface area is 91.3 Å². The number of aliphatic hydroxyl groups excluding tert-OH is 1. The lowest BCUT2D eigenvalue weighted by Crippen LogP contribution is -2.46. The summed E-state index contributed by atoms with van der Waals surface area (Å²) in [7, 11) is 0. The summed E-state index contributed by atoms with van der Waals surface area (Å²) in [6.45, 7) is 2.29. The first-order chi connectivity index (χ1) is 7.30. The van der Waals surface area contributed by atoms with Crippen LogP contribution in [0.1, 0.15) is 31.7 Å². The van der Waals surface area contributed by atoms with Crippen molar-refractivity contribution in [2.75, 3.05) is 6.61 Å². The molecule has 0 saturated heterocycles. The third kappa shape index (κ3) is 2.21. The topological polar surface area (TPSA) is 32.3 Å². The Bertz CT molecular complexity index is 302. The van der Waals surface area contributed by atoms with Gasteiger partial charge >= 0.3 is 0 Å². The van der Waals surface area contributed by atoms with Crippen LogP contribution in [0.4, 0.5) is 0 Å². The van der Waals surface area contributed by atoms with E-state index in [0.717, 1.165) is 6.42 Å². The molecule has 15 heavy (non-hydrogen) atoms. The molecule has 1 atom stereocenters. The Hall–Kier alpha value is -0.860. The number of aliphatic hydroxyl groups is 1. The summed E-state index contributed by atoms with van der Waals surface area (Å²) in [5.74, 6) is 0. The minimum Gasteiger partial charge on any atom is -0.394 e. The first kappa shape index (κ1) is 10.7. The lowest BCUT2D eigenvalue weighted by Gasteiger charge is -2.33. The SMILES string of the molecule is CCC(CO)(NC1CC1)c1ccccc1. The highest BCUT2D eigenvalue weighted by atomic mass is 16.3. The van der Waals surface area contributed by atoms with Crippen molar-refractivity contribution < 1.29 is 5.11 Å². The molecule has 0 heterocycles. The smallest absolute Gasteiger partial charge is 0.0668 e. The third-order valence-electron chi connectivity index (χ3n) is 3.26. The van der Waals surface area contributed by atoms with Crippen LogP contribution in [-0.4, -0.2) is 17.8 Å². The first-order valence-corrected chi connectivity index (χ1v) is 5.75. The molecule has 1 unspecified atom stereocenters. The molecule has 2 rings (SSSR count). The Morgan fingerprint density at radius 3 is 2.47 bits per heavy atom. The van der Waals surface area contributed by atoms with Gasteiger partial charge in [-0.15, -0.1) is 0 Å². The van der Waals surface area contributed by atoms with E-state index in [1.807, 2.05) is 18.2 Å². The van der Waals surface area contributed by atoms with Crippen LogP contribution in [0.15, 0.2) is 30.3 Å². The van der Waals surface area contributed by atoms with Gasteiger partial charge in [0.1, 0.15) is 0 Å². The standard InChI is InChI=1S/C13H19NO/c1-2-13(10-15,14-12-8-9-12)11-6-4-3-5-7-11/h3-7,12,14-15H,2,8-10H2,1H3. The zero-order valence-electron chi connectivity index (χ0n) is 9.24. The van der Waals surface area contributed by atoms with Gasteiger partial charge in [0.05, 0.1) is 12.1 Å². The highest BCUT2D eigenvalue weighted by molar-refractivity contribution is 5.25. The van der Waals surface area contributed by atoms with Gasteiger partial charge in [-0.2, -0.15) is 0 Å². The summed E-state index contributed by atoms with van der Waals surface area (Å²) in [5.41, 5.74) is 0.963. The summed E-state index contributed by atoms with van der Waals surface area (Å²) < 4.78 is 0. The summed E-state index contributed by atoms with van der Waals surface area (Å²) in [5, 5.41) is 13.2. The first-order valence-electron chi connectivity index (χ1n) is 5.75. The van der Waals surface area contributed by atoms with Gasteiger partial charge in [0, 0.05) is 6.04 Å². The molecule has 0 amide bonds. The fourth-order valence-corrected chi connectivity index (χ4v) is 2.01. The second-order valence-electron chi connectivity index (χ2n) is 4.38. The van der Waals surface area contributed by atoms with E-state index in [2.05, 4.69) is 24.4 Å². The number of hydrogen-bond donors (Lipinski definition) is 2. The number of hydrogen-bond acceptors (Lipinski definition) is 2. The molecule has 2 N–H and O–H groups in total. The lowest BCUT2D eigenvalue weighted by molar-refractivity contribution is 0.153. The average Bonchev–Trinajstić information content (AvgIpc) is 3.11. The van der Waals surface area contributed by atoms with Crippen LogP contribution >= 0.6 is 0 Å². The van der Waals surface area contributed by atoms with Crippen molar-refractivity contribution >= 4 is 0 Å². The highest BCUT2D eigenvalue weighted by Crippen LogP contribution is 2.30. The van der Waals surface area contributed by atoms with Gasteiger partial charge in [-0.25, -0.2) is 0 Å². The van der Waals surface area contributed by atoms with E-state index in [-0.39, 0.29) is 12.1 Å². The van der Waals surface area contributed by atoms with E-state index < -0.39 is 0 Å². The van der Waals surface area contributed by atoms with Gasteiger partial charge in [0.25, 0.3) is 0 Å². The molecule has 2 heteroatoms. The van der Waals surface area contributed by atoms with Crippen molar-refractivity contribution in [3.05, 3.63) is 35.9 Å². The number of rotatable bonds is 5. The lowest BCUT2D eigenvalue weighted by atomic mass is 9.88. The minimum absolute atomic E-state index is 0.171.